The molecule has 742 valence electrons. The third-order valence-corrected chi connectivity index (χ3v) is 27.1. The topological polar surface area (TPSA) is 346 Å². The number of nitrogens with zero attached hydrogens (tertiary/aromatic N) is 13. The quantitative estimate of drug-likeness (QED) is 0.00569. The van der Waals surface area contributed by atoms with Crippen molar-refractivity contribution in [1.82, 2.24) is 72.8 Å². The van der Waals surface area contributed by atoms with E-state index in [2.05, 4.69) is 74.0 Å². The summed E-state index contributed by atoms with van der Waals surface area (Å²) in [7, 11) is 1.33. The number of carbonyl (C=O) groups excluding carboxylic acids is 3. The van der Waals surface area contributed by atoms with Gasteiger partial charge in [0.25, 0.3) is 0 Å². The Bertz CT molecular complexity index is 7510. The molecule has 17 aromatic rings. The number of methoxy groups -OCH3 is 1. The normalized spacial score (nSPS) is 12.7. The second-order valence-electron chi connectivity index (χ2n) is 32.0. The van der Waals surface area contributed by atoms with Crippen molar-refractivity contribution in [3.8, 4) is 17.1 Å². The van der Waals surface area contributed by atoms with Crippen molar-refractivity contribution in [2.24, 2.45) is 0 Å². The summed E-state index contributed by atoms with van der Waals surface area (Å²) in [6, 6.07) is 40.1. The Hall–Kier alpha value is -10.6. The van der Waals surface area contributed by atoms with E-state index in [1.165, 1.54) is 73.8 Å². The van der Waals surface area contributed by atoms with Crippen LogP contribution in [0.3, 0.4) is 0 Å². The summed E-state index contributed by atoms with van der Waals surface area (Å²) in [5.41, 5.74) is 19.7. The van der Waals surface area contributed by atoms with E-state index in [1.54, 1.807) is 109 Å². The number of H-pyrrole nitrogens is 2. The van der Waals surface area contributed by atoms with Crippen molar-refractivity contribution in [2.45, 2.75) is 156 Å². The van der Waals surface area contributed by atoms with E-state index in [9.17, 15) is 41.8 Å². The first-order chi connectivity index (χ1) is 68.3. The number of alkyl halides is 1. The van der Waals surface area contributed by atoms with Crippen LogP contribution in [-0.2, 0) is 35.7 Å². The molecule has 0 amide bonds. The fourth-order valence-electron chi connectivity index (χ4n) is 14.9. The van der Waals surface area contributed by atoms with Crippen LogP contribution in [0.1, 0.15) is 174 Å². The third kappa shape index (κ3) is 27.0. The Morgan fingerprint density at radius 1 is 0.503 bits per heavy atom. The van der Waals surface area contributed by atoms with Crippen LogP contribution in [0.4, 0.5) is 37.7 Å². The average molecular weight is 2220 g/mol. The van der Waals surface area contributed by atoms with Gasteiger partial charge < -0.3 is 60.8 Å². The number of nitrogen functional groups attached to an aromatic ring is 2. The largest absolute Gasteiger partial charge is 1.00 e. The molecule has 0 unspecified atom stereocenters. The summed E-state index contributed by atoms with van der Waals surface area (Å²) >= 11 is 51.0. The average Bonchev–Trinajstić information content (AvgIpc) is 1.57. The molecule has 0 atom stereocenters. The molecule has 0 spiro atoms. The Labute approximate surface area is 895 Å². The fourth-order valence-corrected chi connectivity index (χ4v) is 18.8. The van der Waals surface area contributed by atoms with Gasteiger partial charge in [0.2, 0.25) is 0 Å². The molecule has 21 rings (SSSR count). The Morgan fingerprint density at radius 2 is 0.944 bits per heavy atom. The minimum Gasteiger partial charge on any atom is -0.553 e. The maximum absolute atomic E-state index is 15.4. The van der Waals surface area contributed by atoms with Gasteiger partial charge in [-0.1, -0.05) is 142 Å². The van der Waals surface area contributed by atoms with E-state index < -0.39 is 47.0 Å². The number of ketones is 1. The zero-order chi connectivity index (χ0) is 102. The van der Waals surface area contributed by atoms with Crippen molar-refractivity contribution in [3.05, 3.63) is 321 Å². The van der Waals surface area contributed by atoms with Gasteiger partial charge in [-0.15, -0.1) is 11.6 Å². The smallest absolute Gasteiger partial charge is 0.553 e. The Morgan fingerprint density at radius 3 is 1.39 bits per heavy atom. The van der Waals surface area contributed by atoms with E-state index in [4.69, 9.17) is 121 Å². The zero-order valence-electron chi connectivity index (χ0n) is 77.5. The van der Waals surface area contributed by atoms with Crippen LogP contribution in [-0.4, -0.2) is 126 Å². The molecule has 4 saturated carbocycles. The van der Waals surface area contributed by atoms with Gasteiger partial charge in [-0.25, -0.2) is 50.7 Å². The van der Waals surface area contributed by atoms with E-state index in [-0.39, 0.29) is 118 Å². The first-order valence-corrected chi connectivity index (χ1v) is 49.9. The molecular formula is C99H91BrCl7F6N18NaO8S3. The molecule has 11 heterocycles. The van der Waals surface area contributed by atoms with Gasteiger partial charge in [0.15, 0.2) is 40.7 Å². The summed E-state index contributed by atoms with van der Waals surface area (Å²) in [6.45, 7) is 13.3. The number of Topliss-reactive ketones (excluding diaryl/α,β-unsaturated/α-hetero) is 1. The number of ether oxygens (including phenoxy) is 2. The molecule has 4 aliphatic carbocycles. The predicted octanol–water partition coefficient (Wildman–Crippen LogP) is 25.5. The Kier molecular flexibility index (Phi) is 39.6. The monoisotopic (exact) mass is 2220 g/mol. The van der Waals surface area contributed by atoms with Crippen molar-refractivity contribution in [1.29, 1.82) is 0 Å². The number of carboxylic acid groups (broad SMARTS) is 1. The number of aromatic nitrogens is 15. The first-order valence-electron chi connectivity index (χ1n) is 44.3. The number of benzene rings is 6. The number of aromatic amines is 2. The summed E-state index contributed by atoms with van der Waals surface area (Å²) in [5, 5.41) is 37.5. The van der Waals surface area contributed by atoms with Crippen LogP contribution in [0, 0.1) is 39.5 Å². The maximum atomic E-state index is 15.4. The number of carboxylic acids is 1. The van der Waals surface area contributed by atoms with Crippen LogP contribution < -0.4 is 41.0 Å². The number of carbonyl (C=O) groups is 4. The number of fused-ring (bicyclic) bond motifs is 4. The second kappa shape index (κ2) is 50.9. The molecule has 143 heavy (non-hydrogen) atoms. The van der Waals surface area contributed by atoms with E-state index in [0.29, 0.717) is 73.3 Å². The standard InChI is InChI=1S/C24H22ClFN4O2S.C22H18ClFN4O2S.C16H15ClFN3.C11H9ClFN.C8H6Cl2FNO.C7H7NO2S.C6H5ClFN.C5H7BrN2.H2NO.Na/c1-3-29-13-15(12-27-29)30-21(14-8-9-14)23(16-10-11-17(25)20(26)22(16)30)33-19-7-5-6-18(28-19)24(31)32-4-2;1-2-27-11-13(10-25-27)28-19(12-6-7-12)21(14-8-9-15(23)18(24)20(14)28)31-17-5-3-4-16(26-17)22(29)30;1-2-20-9-12(8-19-20)21-14(10-3-4-10)7-11-5-6-13(17)15(18)16(11)21;12-8-4-3-7-5-9(6-1-2-6)14-11(7)10(8)13;9-3-6(13)4-1-2-5(10)7(11)8(4)12;1-10-7(9)5-3-2-4-6(11)8-5;7-4-2-1-3-5(9)6(4)8;1-2-8-4-5(6)3-7-8;1-2;/h5-7,10-14H,3-4,8-9H2,1-2H3;3-5,8-12H,2,6-7H2,1H3,(H,29,30);5-10H,2-4H2,1H3;3-6,14H,1-2H2;1-2H,3,12H2;2-4H,1H3,(H,8,11);1-3H,9H2;3-4H,2H2,1H3;1-2H;/q;;;;;;;;-1;+1. The second-order valence-corrected chi connectivity index (χ2v) is 38.2. The number of esters is 2. The van der Waals surface area contributed by atoms with Gasteiger partial charge in [0.05, 0.1) is 129 Å². The summed E-state index contributed by atoms with van der Waals surface area (Å²) in [6.07, 6.45) is 23.6. The number of anilines is 2. The summed E-state index contributed by atoms with van der Waals surface area (Å²) in [5.74, 6) is 0.893. The third-order valence-electron chi connectivity index (χ3n) is 22.4. The molecule has 0 saturated heterocycles. The number of hydrogen-bond donors (Lipinski definition) is 6. The summed E-state index contributed by atoms with van der Waals surface area (Å²) < 4.78 is 109. The molecule has 44 heteroatoms. The number of aryl methyl sites for hydroxylation is 4. The number of rotatable bonds is 21. The van der Waals surface area contributed by atoms with Gasteiger partial charge in [-0.2, -0.15) is 20.4 Å². The fraction of sp³-hybridized carbons (Fsp3) is 0.242. The van der Waals surface area contributed by atoms with E-state index in [1.807, 2.05) is 110 Å². The van der Waals surface area contributed by atoms with Gasteiger partial charge >= 0.3 is 47.5 Å². The van der Waals surface area contributed by atoms with Crippen LogP contribution in [0.25, 0.3) is 66.6 Å². The molecule has 4 aliphatic rings. The zero-order valence-corrected chi connectivity index (χ0v) is 88.8. The molecule has 11 aromatic heterocycles. The first kappa shape index (κ1) is 111. The molecule has 0 bridgehead atoms. The SMILES string of the molecule is CCOC(=O)c1cccc(Sc2c(C3CC3)n(-c3cnn(CC)c3)c3c(F)c(Cl)ccc23)n1.CCn1cc(-n2c(C3CC3)c(Sc3cccc(C(=O)O)n3)c3ccc(Cl)c(F)c32)cn1.CCn1cc(-n2c(C3CC3)cc3ccc(Cl)c(F)c32)cn1.CCn1cc(Br)cn1.COC(=O)c1cccc(=S)[nH]1.Fc1c(Cl)ccc2cc(C3CC3)[nH]c12.Nc1c(C(=O)CCl)ccc(Cl)c1F.Nc1cccc(Cl)c1F.[NH-]O.[Na+]. The minimum atomic E-state index is -1.09. The van der Waals surface area contributed by atoms with Crippen molar-refractivity contribution in [2.75, 3.05) is 31.1 Å². The van der Waals surface area contributed by atoms with Crippen LogP contribution in [0.15, 0.2) is 219 Å². The molecule has 26 nitrogen and oxygen atoms in total. The van der Waals surface area contributed by atoms with E-state index in [0.717, 1.165) is 127 Å². The number of nitrogens with two attached hydrogens (primary N) is 2. The van der Waals surface area contributed by atoms with Gasteiger partial charge in [0.1, 0.15) is 31.8 Å². The van der Waals surface area contributed by atoms with Crippen molar-refractivity contribution < 1.29 is 94.9 Å². The van der Waals surface area contributed by atoms with Crippen LogP contribution >= 0.6 is 133 Å². The molecule has 6 aromatic carbocycles. The molecule has 4 fully saturated rings. The summed E-state index contributed by atoms with van der Waals surface area (Å²) in [4.78, 5) is 61.8. The van der Waals surface area contributed by atoms with Crippen molar-refractivity contribution in [3.63, 3.8) is 0 Å². The maximum Gasteiger partial charge on any atom is 1.00 e. The molecule has 9 N–H and O–H groups in total. The molecule has 0 aliphatic heterocycles. The predicted molar refractivity (Wildman–Crippen MR) is 551 cm³/mol. The number of halogens is 14. The number of pyridine rings is 3. The van der Waals surface area contributed by atoms with Gasteiger partial charge in [0, 0.05) is 122 Å². The minimum absolute atomic E-state index is 0. The van der Waals surface area contributed by atoms with Crippen molar-refractivity contribution >= 4 is 212 Å². The van der Waals surface area contributed by atoms with Gasteiger partial charge in [-0.05, 0) is 223 Å². The number of aromatic carboxylic acids is 1. The van der Waals surface area contributed by atoms with Crippen LogP contribution in [0.5, 0.6) is 0 Å². The van der Waals surface area contributed by atoms with Gasteiger partial charge in [-0.3, -0.25) is 23.5 Å². The Balaban J connectivity index is 0.000000152. The number of hydrogen-bond acceptors (Lipinski definition) is 18. The number of nitrogens with one attached hydrogen (secondary N) is 3. The van der Waals surface area contributed by atoms with E-state index >= 15 is 8.78 Å². The van der Waals surface area contributed by atoms with Crippen LogP contribution in [0.2, 0.25) is 30.1 Å². The molecule has 0 radical (unpaired) electrons. The molecular weight excluding hydrogens is 2130 g/mol.